The third kappa shape index (κ3) is 2.62. The minimum absolute atomic E-state index is 0.123. The molecule has 2 rings (SSSR count). The number of aromatic nitrogens is 1. The summed E-state index contributed by atoms with van der Waals surface area (Å²) in [6, 6.07) is 4.60. The van der Waals surface area contributed by atoms with Gasteiger partial charge < -0.3 is 11.1 Å². The Balaban J connectivity index is 2.02. The summed E-state index contributed by atoms with van der Waals surface area (Å²) in [5, 5.41) is 4.58. The monoisotopic (exact) mass is 257 g/mol. The lowest BCUT2D eigenvalue weighted by Crippen LogP contribution is -1.98. The molecule has 0 fully saturated rings. The van der Waals surface area contributed by atoms with Gasteiger partial charge in [-0.05, 0) is 17.7 Å². The van der Waals surface area contributed by atoms with Gasteiger partial charge in [0.1, 0.15) is 10.8 Å². The normalized spacial score (nSPS) is 10.4. The molecule has 16 heavy (non-hydrogen) atoms. The Morgan fingerprint density at radius 2 is 2.31 bits per heavy atom. The number of hydrogen-bond acceptors (Lipinski definition) is 4. The van der Waals surface area contributed by atoms with Crippen LogP contribution in [0.3, 0.4) is 0 Å². The Bertz CT molecular complexity index is 501. The Kier molecular flexibility index (Phi) is 3.26. The molecule has 2 aromatic rings. The second-order valence-corrected chi connectivity index (χ2v) is 4.64. The number of nitrogens with two attached hydrogens (primary N) is 1. The van der Waals surface area contributed by atoms with Crippen LogP contribution < -0.4 is 11.1 Å². The van der Waals surface area contributed by atoms with E-state index in [1.54, 1.807) is 18.3 Å². The van der Waals surface area contributed by atoms with Gasteiger partial charge >= 0.3 is 0 Å². The van der Waals surface area contributed by atoms with Gasteiger partial charge in [0.25, 0.3) is 0 Å². The first kappa shape index (κ1) is 11.2. The molecule has 0 aliphatic rings. The van der Waals surface area contributed by atoms with Gasteiger partial charge in [0, 0.05) is 6.54 Å². The molecule has 0 radical (unpaired) electrons. The molecule has 0 saturated heterocycles. The molecule has 0 atom stereocenters. The molecule has 0 aliphatic heterocycles. The van der Waals surface area contributed by atoms with Gasteiger partial charge in [0.15, 0.2) is 5.13 Å². The van der Waals surface area contributed by atoms with Crippen LogP contribution in [0.5, 0.6) is 0 Å². The van der Waals surface area contributed by atoms with E-state index in [4.69, 9.17) is 17.3 Å². The van der Waals surface area contributed by atoms with Gasteiger partial charge in [0.05, 0.1) is 11.2 Å². The van der Waals surface area contributed by atoms with Gasteiger partial charge in [-0.25, -0.2) is 9.37 Å². The van der Waals surface area contributed by atoms with E-state index >= 15 is 0 Å². The molecule has 0 saturated carbocycles. The number of anilines is 2. The maximum atomic E-state index is 12.9. The predicted octanol–water partition coefficient (Wildman–Crippen LogP) is 3.13. The molecule has 0 aliphatic carbocycles. The first-order valence-electron chi connectivity index (χ1n) is 4.54. The first-order valence-corrected chi connectivity index (χ1v) is 5.73. The van der Waals surface area contributed by atoms with Crippen molar-refractivity contribution in [2.75, 3.05) is 11.1 Å². The Morgan fingerprint density at radius 1 is 1.50 bits per heavy atom. The molecule has 0 amide bonds. The lowest BCUT2D eigenvalue weighted by Gasteiger charge is -2.03. The second kappa shape index (κ2) is 4.67. The topological polar surface area (TPSA) is 50.9 Å². The minimum atomic E-state index is -0.413. The summed E-state index contributed by atoms with van der Waals surface area (Å²) in [5.41, 5.74) is 6.43. The van der Waals surface area contributed by atoms with E-state index in [0.29, 0.717) is 11.5 Å². The van der Waals surface area contributed by atoms with E-state index in [1.165, 1.54) is 17.4 Å². The van der Waals surface area contributed by atoms with Crippen LogP contribution in [0.15, 0.2) is 24.4 Å². The molecule has 6 heteroatoms. The summed E-state index contributed by atoms with van der Waals surface area (Å²) in [4.78, 5) is 4.05. The van der Waals surface area contributed by atoms with E-state index in [2.05, 4.69) is 10.3 Å². The number of nitrogens with one attached hydrogen (secondary N) is 1. The second-order valence-electron chi connectivity index (χ2n) is 3.17. The highest BCUT2D eigenvalue weighted by Crippen LogP contribution is 2.21. The molecular formula is C10H9ClFN3S. The summed E-state index contributed by atoms with van der Waals surface area (Å²) in [6.07, 6.45) is 1.59. The van der Waals surface area contributed by atoms with Crippen molar-refractivity contribution >= 4 is 33.1 Å². The molecule has 1 aromatic carbocycles. The van der Waals surface area contributed by atoms with Crippen LogP contribution in [0.4, 0.5) is 14.5 Å². The maximum Gasteiger partial charge on any atom is 0.184 e. The highest BCUT2D eigenvalue weighted by Gasteiger charge is 2.02. The minimum Gasteiger partial charge on any atom is -0.389 e. The van der Waals surface area contributed by atoms with E-state index in [1.807, 2.05) is 0 Å². The van der Waals surface area contributed by atoms with Gasteiger partial charge in [-0.2, -0.15) is 0 Å². The van der Waals surface area contributed by atoms with Crippen molar-refractivity contribution in [1.82, 2.24) is 4.98 Å². The van der Waals surface area contributed by atoms with E-state index in [0.717, 1.165) is 10.7 Å². The molecule has 1 aromatic heterocycles. The van der Waals surface area contributed by atoms with Crippen LogP contribution in [0, 0.1) is 5.82 Å². The van der Waals surface area contributed by atoms with E-state index < -0.39 is 5.82 Å². The average molecular weight is 258 g/mol. The summed E-state index contributed by atoms with van der Waals surface area (Å²) in [5.74, 6) is -0.413. The highest BCUT2D eigenvalue weighted by atomic mass is 35.5. The number of rotatable bonds is 3. The van der Waals surface area contributed by atoms with Crippen molar-refractivity contribution in [3.8, 4) is 0 Å². The number of halogens is 2. The Hall–Kier alpha value is -1.33. The van der Waals surface area contributed by atoms with Gasteiger partial charge in [0.2, 0.25) is 0 Å². The molecule has 0 bridgehead atoms. The van der Waals surface area contributed by atoms with Crippen LogP contribution in [0.25, 0.3) is 0 Å². The third-order valence-electron chi connectivity index (χ3n) is 1.95. The number of nitrogens with zero attached hydrogens (tertiary/aromatic N) is 1. The summed E-state index contributed by atoms with van der Waals surface area (Å²) >= 11 is 7.03. The number of thiazole rings is 1. The van der Waals surface area contributed by atoms with Crippen molar-refractivity contribution in [2.24, 2.45) is 0 Å². The molecule has 0 unspecified atom stereocenters. The van der Waals surface area contributed by atoms with Crippen molar-refractivity contribution in [1.29, 1.82) is 0 Å². The third-order valence-corrected chi connectivity index (χ3v) is 3.03. The van der Waals surface area contributed by atoms with Crippen LogP contribution in [0.1, 0.15) is 5.56 Å². The van der Waals surface area contributed by atoms with Crippen molar-refractivity contribution < 1.29 is 4.39 Å². The van der Waals surface area contributed by atoms with Crippen LogP contribution in [-0.4, -0.2) is 4.98 Å². The fraction of sp³-hybridized carbons (Fsp3) is 0.100. The Morgan fingerprint density at radius 3 is 2.94 bits per heavy atom. The van der Waals surface area contributed by atoms with E-state index in [-0.39, 0.29) is 5.02 Å². The van der Waals surface area contributed by atoms with Crippen LogP contribution in [0.2, 0.25) is 5.02 Å². The lowest BCUT2D eigenvalue weighted by molar-refractivity contribution is 0.627. The Labute approximate surface area is 101 Å². The summed E-state index contributed by atoms with van der Waals surface area (Å²) in [6.45, 7) is 0.535. The summed E-state index contributed by atoms with van der Waals surface area (Å²) in [7, 11) is 0. The quantitative estimate of drug-likeness (QED) is 0.888. The van der Waals surface area contributed by atoms with Gasteiger partial charge in [-0.15, -0.1) is 0 Å². The molecule has 3 nitrogen and oxygen atoms in total. The molecule has 1 heterocycles. The van der Waals surface area contributed by atoms with Crippen LogP contribution in [-0.2, 0) is 6.54 Å². The van der Waals surface area contributed by atoms with E-state index in [9.17, 15) is 4.39 Å². The fourth-order valence-electron chi connectivity index (χ4n) is 1.20. The number of benzene rings is 1. The fourth-order valence-corrected chi connectivity index (χ4v) is 1.98. The van der Waals surface area contributed by atoms with Crippen molar-refractivity contribution in [3.63, 3.8) is 0 Å². The predicted molar refractivity (Wildman–Crippen MR) is 65.3 cm³/mol. The molecular weight excluding hydrogens is 249 g/mol. The summed E-state index contributed by atoms with van der Waals surface area (Å²) < 4.78 is 12.9. The maximum absolute atomic E-state index is 12.9. The highest BCUT2D eigenvalue weighted by molar-refractivity contribution is 7.19. The first-order chi connectivity index (χ1) is 7.65. The standard InChI is InChI=1S/C10H9ClFN3S/c11-7-3-6(1-2-8(7)12)4-14-10-15-5-9(13)16-10/h1-3,5H,4,13H2,(H,14,15). The molecule has 3 N–H and O–H groups in total. The number of hydrogen-bond donors (Lipinski definition) is 2. The van der Waals surface area contributed by atoms with Crippen molar-refractivity contribution in [2.45, 2.75) is 6.54 Å². The molecule has 84 valence electrons. The van der Waals surface area contributed by atoms with Crippen LogP contribution >= 0.6 is 22.9 Å². The lowest BCUT2D eigenvalue weighted by atomic mass is 10.2. The zero-order valence-corrected chi connectivity index (χ0v) is 9.78. The average Bonchev–Trinajstić information content (AvgIpc) is 2.66. The van der Waals surface area contributed by atoms with Gasteiger partial charge in [-0.1, -0.05) is 29.0 Å². The smallest absolute Gasteiger partial charge is 0.184 e. The number of nitrogen functional groups attached to an aromatic ring is 1. The largest absolute Gasteiger partial charge is 0.389 e. The van der Waals surface area contributed by atoms with Gasteiger partial charge in [-0.3, -0.25) is 0 Å². The SMILES string of the molecule is Nc1cnc(NCc2ccc(F)c(Cl)c2)s1. The zero-order chi connectivity index (χ0) is 11.5. The molecule has 0 spiro atoms. The zero-order valence-electron chi connectivity index (χ0n) is 8.21. The van der Waals surface area contributed by atoms with Crippen molar-refractivity contribution in [3.05, 3.63) is 40.8 Å².